The Morgan fingerprint density at radius 2 is 1.88 bits per heavy atom. The van der Waals surface area contributed by atoms with Gasteiger partial charge in [0.25, 0.3) is 11.1 Å². The Balaban J connectivity index is 2.00. The molecule has 2 aromatic carbocycles. The molecule has 0 saturated heterocycles. The van der Waals surface area contributed by atoms with Crippen LogP contribution in [-0.2, 0) is 0 Å². The topological polar surface area (TPSA) is 60.7 Å². The van der Waals surface area contributed by atoms with Gasteiger partial charge in [0.1, 0.15) is 5.75 Å². The molecule has 0 unspecified atom stereocenters. The standard InChI is InChI=1S/C18H11ClN2O3S/c1-24-12-5-2-10(3-6-12)8-15-17(23)21-16(22)13-9-11(19)4-7-14(13)20-18(21)25-15/h2-9H,1H3/b15-8+. The molecule has 0 radical (unpaired) electrons. The molecule has 0 spiro atoms. The summed E-state index contributed by atoms with van der Waals surface area (Å²) in [7, 11) is 1.59. The molecule has 2 heterocycles. The maximum Gasteiger partial charge on any atom is 0.277 e. The molecule has 124 valence electrons. The van der Waals surface area contributed by atoms with Crippen molar-refractivity contribution in [2.24, 2.45) is 0 Å². The van der Waals surface area contributed by atoms with Crippen LogP contribution in [0.1, 0.15) is 5.56 Å². The van der Waals surface area contributed by atoms with Crippen LogP contribution in [0.4, 0.5) is 0 Å². The third kappa shape index (κ3) is 2.69. The summed E-state index contributed by atoms with van der Waals surface area (Å²) in [4.78, 5) is 30.1. The number of methoxy groups -OCH3 is 1. The largest absolute Gasteiger partial charge is 0.497 e. The van der Waals surface area contributed by atoms with Crippen LogP contribution >= 0.6 is 22.9 Å². The second-order valence-corrected chi connectivity index (χ2v) is 6.83. The first-order valence-electron chi connectivity index (χ1n) is 7.37. The molecule has 0 saturated carbocycles. The number of benzene rings is 2. The Hall–Kier alpha value is -2.70. The lowest BCUT2D eigenvalue weighted by molar-refractivity contribution is 0.415. The van der Waals surface area contributed by atoms with E-state index in [1.165, 1.54) is 17.4 Å². The van der Waals surface area contributed by atoms with Gasteiger partial charge >= 0.3 is 0 Å². The fourth-order valence-electron chi connectivity index (χ4n) is 2.58. The van der Waals surface area contributed by atoms with Gasteiger partial charge in [-0.3, -0.25) is 9.59 Å². The van der Waals surface area contributed by atoms with Crippen molar-refractivity contribution in [3.8, 4) is 5.75 Å². The number of thiazole rings is 1. The predicted octanol–water partition coefficient (Wildman–Crippen LogP) is 2.48. The van der Waals surface area contributed by atoms with Crippen molar-refractivity contribution >= 4 is 44.9 Å². The van der Waals surface area contributed by atoms with E-state index >= 15 is 0 Å². The molecule has 0 aliphatic heterocycles. The van der Waals surface area contributed by atoms with Crippen molar-refractivity contribution in [2.45, 2.75) is 0 Å². The van der Waals surface area contributed by atoms with Crippen molar-refractivity contribution in [2.75, 3.05) is 7.11 Å². The average Bonchev–Trinajstić information content (AvgIpc) is 2.92. The lowest BCUT2D eigenvalue weighted by Crippen LogP contribution is -2.31. The Labute approximate surface area is 150 Å². The van der Waals surface area contributed by atoms with Crippen LogP contribution in [0.15, 0.2) is 52.1 Å². The number of aromatic nitrogens is 2. The van der Waals surface area contributed by atoms with Crippen LogP contribution < -0.4 is 20.4 Å². The minimum atomic E-state index is -0.405. The van der Waals surface area contributed by atoms with Gasteiger partial charge in [-0.05, 0) is 42.0 Å². The van der Waals surface area contributed by atoms with Gasteiger partial charge in [-0.15, -0.1) is 0 Å². The van der Waals surface area contributed by atoms with Crippen LogP contribution in [0.25, 0.3) is 21.9 Å². The summed E-state index contributed by atoms with van der Waals surface area (Å²) in [6, 6.07) is 12.2. The van der Waals surface area contributed by atoms with E-state index in [1.807, 2.05) is 24.3 Å². The second kappa shape index (κ2) is 5.98. The minimum Gasteiger partial charge on any atom is -0.497 e. The molecule has 0 fully saturated rings. The van der Waals surface area contributed by atoms with Gasteiger partial charge < -0.3 is 4.74 Å². The second-order valence-electron chi connectivity index (χ2n) is 5.39. The fraction of sp³-hybridized carbons (Fsp3) is 0.0556. The molecule has 0 atom stereocenters. The Kier molecular flexibility index (Phi) is 3.78. The van der Waals surface area contributed by atoms with E-state index in [9.17, 15) is 9.59 Å². The first kappa shape index (κ1) is 15.8. The van der Waals surface area contributed by atoms with E-state index in [4.69, 9.17) is 16.3 Å². The van der Waals surface area contributed by atoms with Gasteiger partial charge in [0.05, 0.1) is 22.5 Å². The number of hydrogen-bond acceptors (Lipinski definition) is 5. The van der Waals surface area contributed by atoms with E-state index in [0.717, 1.165) is 15.7 Å². The first-order valence-corrected chi connectivity index (χ1v) is 8.57. The van der Waals surface area contributed by atoms with Crippen LogP contribution in [0.3, 0.4) is 0 Å². The molecule has 0 aliphatic rings. The summed E-state index contributed by atoms with van der Waals surface area (Å²) in [6.45, 7) is 0. The maximum absolute atomic E-state index is 12.7. The smallest absolute Gasteiger partial charge is 0.277 e. The Morgan fingerprint density at radius 1 is 1.12 bits per heavy atom. The van der Waals surface area contributed by atoms with E-state index < -0.39 is 5.56 Å². The van der Waals surface area contributed by atoms with Crippen LogP contribution in [0.2, 0.25) is 5.02 Å². The number of hydrogen-bond donors (Lipinski definition) is 0. The lowest BCUT2D eigenvalue weighted by Gasteiger charge is -1.98. The number of fused-ring (bicyclic) bond motifs is 2. The summed E-state index contributed by atoms with van der Waals surface area (Å²) in [6.07, 6.45) is 1.73. The van der Waals surface area contributed by atoms with E-state index in [0.29, 0.717) is 25.4 Å². The third-order valence-electron chi connectivity index (χ3n) is 3.83. The number of nitrogens with zero attached hydrogens (tertiary/aromatic N) is 2. The molecule has 4 rings (SSSR count). The van der Waals surface area contributed by atoms with Crippen molar-refractivity contribution in [3.05, 3.63) is 78.3 Å². The first-order chi connectivity index (χ1) is 12.1. The molecule has 0 amide bonds. The average molecular weight is 371 g/mol. The molecule has 0 N–H and O–H groups in total. The van der Waals surface area contributed by atoms with Gasteiger partial charge in [-0.25, -0.2) is 9.38 Å². The summed E-state index contributed by atoms with van der Waals surface area (Å²) >= 11 is 7.13. The van der Waals surface area contributed by atoms with Crippen molar-refractivity contribution in [3.63, 3.8) is 0 Å². The molecule has 0 aliphatic carbocycles. The molecule has 5 nitrogen and oxygen atoms in total. The molecule has 7 heteroatoms. The fourth-order valence-corrected chi connectivity index (χ4v) is 3.72. The van der Waals surface area contributed by atoms with Crippen LogP contribution in [0, 0.1) is 0 Å². The highest BCUT2D eigenvalue weighted by atomic mass is 35.5. The lowest BCUT2D eigenvalue weighted by atomic mass is 10.2. The van der Waals surface area contributed by atoms with Crippen LogP contribution in [0.5, 0.6) is 5.75 Å². The van der Waals surface area contributed by atoms with Gasteiger partial charge in [0.15, 0.2) is 0 Å². The van der Waals surface area contributed by atoms with Crippen molar-refractivity contribution < 1.29 is 4.74 Å². The van der Waals surface area contributed by atoms with Crippen molar-refractivity contribution in [1.82, 2.24) is 9.38 Å². The summed E-state index contributed by atoms with van der Waals surface area (Å²) in [5, 5.41) is 0.759. The summed E-state index contributed by atoms with van der Waals surface area (Å²) in [5.74, 6) is 0.733. The van der Waals surface area contributed by atoms with Gasteiger partial charge in [-0.1, -0.05) is 35.1 Å². The van der Waals surface area contributed by atoms with E-state index in [2.05, 4.69) is 4.98 Å². The van der Waals surface area contributed by atoms with Gasteiger partial charge in [0, 0.05) is 5.02 Å². The van der Waals surface area contributed by atoms with Crippen molar-refractivity contribution in [1.29, 1.82) is 0 Å². The molecule has 4 aromatic rings. The van der Waals surface area contributed by atoms with Gasteiger partial charge in [-0.2, -0.15) is 0 Å². The highest BCUT2D eigenvalue weighted by Crippen LogP contribution is 2.16. The molecular formula is C18H11ClN2O3S. The van der Waals surface area contributed by atoms with Gasteiger partial charge in [0.2, 0.25) is 4.96 Å². The van der Waals surface area contributed by atoms with E-state index in [1.54, 1.807) is 25.3 Å². The highest BCUT2D eigenvalue weighted by molar-refractivity contribution is 7.15. The Morgan fingerprint density at radius 3 is 2.60 bits per heavy atom. The number of ether oxygens (including phenoxy) is 1. The van der Waals surface area contributed by atoms with Crippen LogP contribution in [-0.4, -0.2) is 16.5 Å². The zero-order chi connectivity index (χ0) is 17.6. The quantitative estimate of drug-likeness (QED) is 0.544. The summed E-state index contributed by atoms with van der Waals surface area (Å²) in [5.41, 5.74) is 0.574. The van der Waals surface area contributed by atoms with E-state index in [-0.39, 0.29) is 5.56 Å². The molecule has 25 heavy (non-hydrogen) atoms. The summed E-state index contributed by atoms with van der Waals surface area (Å²) < 4.78 is 6.66. The zero-order valence-corrected chi connectivity index (χ0v) is 14.6. The number of halogens is 1. The minimum absolute atomic E-state index is 0.330. The number of rotatable bonds is 2. The highest BCUT2D eigenvalue weighted by Gasteiger charge is 2.11. The predicted molar refractivity (Wildman–Crippen MR) is 99.9 cm³/mol. The SMILES string of the molecule is COc1ccc(/C=c2/sc3nc4ccc(Cl)cc4c(=O)n3c2=O)cc1. The molecular weight excluding hydrogens is 360 g/mol. The zero-order valence-electron chi connectivity index (χ0n) is 13.0. The third-order valence-corrected chi connectivity index (χ3v) is 5.03. The molecule has 2 aromatic heterocycles. The normalized spacial score (nSPS) is 12.2. The monoisotopic (exact) mass is 370 g/mol. The maximum atomic E-state index is 12.7. The molecule has 0 bridgehead atoms. The Bertz CT molecular complexity index is 1280.